The summed E-state index contributed by atoms with van der Waals surface area (Å²) in [7, 11) is 0. The summed E-state index contributed by atoms with van der Waals surface area (Å²) in [6.45, 7) is 2.08. The van der Waals surface area contributed by atoms with E-state index in [2.05, 4.69) is 22.2 Å². The van der Waals surface area contributed by atoms with Crippen LogP contribution < -0.4 is 10.1 Å². The maximum Gasteiger partial charge on any atom is 0.321 e. The summed E-state index contributed by atoms with van der Waals surface area (Å²) in [5, 5.41) is 2.90. The number of carbonyl (C=O) groups is 1. The average molecular weight is 269 g/mol. The molecule has 0 unspecified atom stereocenters. The lowest BCUT2D eigenvalue weighted by Crippen LogP contribution is -2.14. The van der Waals surface area contributed by atoms with Crippen LogP contribution in [0.2, 0.25) is 0 Å². The molecule has 2 atom stereocenters. The molecule has 5 nitrogen and oxygen atoms in total. The van der Waals surface area contributed by atoms with Gasteiger partial charge in [0.15, 0.2) is 0 Å². The number of amides is 1. The first-order valence-corrected chi connectivity index (χ1v) is 6.58. The Kier molecular flexibility index (Phi) is 3.33. The van der Waals surface area contributed by atoms with Crippen molar-refractivity contribution < 1.29 is 9.53 Å². The Hall–Kier alpha value is -2.43. The molecule has 0 aliphatic heterocycles. The van der Waals surface area contributed by atoms with Gasteiger partial charge in [0.1, 0.15) is 5.75 Å². The van der Waals surface area contributed by atoms with Gasteiger partial charge < -0.3 is 10.1 Å². The molecular weight excluding hydrogens is 254 g/mol. The number of nitrogens with one attached hydrogen (secondary N) is 1. The Morgan fingerprint density at radius 2 is 2.05 bits per heavy atom. The Morgan fingerprint density at radius 1 is 1.30 bits per heavy atom. The van der Waals surface area contributed by atoms with Crippen molar-refractivity contribution in [1.29, 1.82) is 0 Å². The molecule has 1 N–H and O–H groups in total. The standard InChI is InChI=1S/C15H15N3O2/c1-10-8-13(10)14(19)18-11-4-2-5-12(9-11)20-15-16-6-3-7-17-15/h2-7,9-10,13H,8H2,1H3,(H,18,19)/t10-,13+/m0/s1. The molecule has 1 aliphatic carbocycles. The summed E-state index contributed by atoms with van der Waals surface area (Å²) in [4.78, 5) is 19.9. The minimum Gasteiger partial charge on any atom is -0.424 e. The zero-order valence-corrected chi connectivity index (χ0v) is 11.1. The van der Waals surface area contributed by atoms with Crippen LogP contribution >= 0.6 is 0 Å². The third-order valence-electron chi connectivity index (χ3n) is 3.30. The summed E-state index contributed by atoms with van der Waals surface area (Å²) in [6.07, 6.45) is 4.20. The summed E-state index contributed by atoms with van der Waals surface area (Å²) in [5.41, 5.74) is 0.725. The molecule has 1 aliphatic rings. The van der Waals surface area contributed by atoms with E-state index in [4.69, 9.17) is 4.74 Å². The maximum absolute atomic E-state index is 11.9. The molecule has 1 aromatic heterocycles. The van der Waals surface area contributed by atoms with E-state index in [9.17, 15) is 4.79 Å². The van der Waals surface area contributed by atoms with Crippen LogP contribution in [0.3, 0.4) is 0 Å². The first kappa shape index (κ1) is 12.6. The van der Waals surface area contributed by atoms with Crippen molar-refractivity contribution in [2.45, 2.75) is 13.3 Å². The lowest BCUT2D eigenvalue weighted by molar-refractivity contribution is -0.117. The smallest absolute Gasteiger partial charge is 0.321 e. The summed E-state index contributed by atoms with van der Waals surface area (Å²) >= 11 is 0. The molecular formula is C15H15N3O2. The van der Waals surface area contributed by atoms with Gasteiger partial charge in [0.25, 0.3) is 0 Å². The molecule has 1 saturated carbocycles. The third-order valence-corrected chi connectivity index (χ3v) is 3.30. The molecule has 1 heterocycles. The molecule has 5 heteroatoms. The van der Waals surface area contributed by atoms with Crippen molar-refractivity contribution in [2.75, 3.05) is 5.32 Å². The van der Waals surface area contributed by atoms with Gasteiger partial charge in [-0.2, -0.15) is 0 Å². The van der Waals surface area contributed by atoms with Crippen LogP contribution in [-0.2, 0) is 4.79 Å². The monoisotopic (exact) mass is 269 g/mol. The van der Waals surface area contributed by atoms with E-state index in [-0.39, 0.29) is 17.8 Å². The fourth-order valence-electron chi connectivity index (χ4n) is 2.00. The fourth-order valence-corrected chi connectivity index (χ4v) is 2.00. The highest BCUT2D eigenvalue weighted by Crippen LogP contribution is 2.38. The van der Waals surface area contributed by atoms with Crippen LogP contribution in [0, 0.1) is 11.8 Å². The van der Waals surface area contributed by atoms with Gasteiger partial charge >= 0.3 is 6.01 Å². The summed E-state index contributed by atoms with van der Waals surface area (Å²) in [6, 6.07) is 9.23. The zero-order valence-electron chi connectivity index (χ0n) is 11.1. The lowest BCUT2D eigenvalue weighted by atomic mass is 10.2. The van der Waals surface area contributed by atoms with Gasteiger partial charge in [0.2, 0.25) is 5.91 Å². The number of anilines is 1. The molecule has 0 radical (unpaired) electrons. The van der Waals surface area contributed by atoms with Gasteiger partial charge in [0.05, 0.1) is 0 Å². The molecule has 2 aromatic rings. The number of ether oxygens (including phenoxy) is 1. The van der Waals surface area contributed by atoms with Crippen molar-refractivity contribution in [3.63, 3.8) is 0 Å². The molecule has 3 rings (SSSR count). The second-order valence-corrected chi connectivity index (χ2v) is 4.97. The van der Waals surface area contributed by atoms with E-state index in [1.807, 2.05) is 12.1 Å². The maximum atomic E-state index is 11.9. The van der Waals surface area contributed by atoms with E-state index >= 15 is 0 Å². The third kappa shape index (κ3) is 2.93. The predicted molar refractivity (Wildman–Crippen MR) is 74.4 cm³/mol. The number of hydrogen-bond acceptors (Lipinski definition) is 4. The van der Waals surface area contributed by atoms with E-state index in [0.717, 1.165) is 12.1 Å². The second kappa shape index (κ2) is 5.28. The zero-order chi connectivity index (χ0) is 13.9. The Morgan fingerprint density at radius 3 is 2.75 bits per heavy atom. The van der Waals surface area contributed by atoms with Crippen molar-refractivity contribution in [2.24, 2.45) is 11.8 Å². The second-order valence-electron chi connectivity index (χ2n) is 4.97. The largest absolute Gasteiger partial charge is 0.424 e. The molecule has 0 bridgehead atoms. The van der Waals surface area contributed by atoms with Crippen LogP contribution in [0.15, 0.2) is 42.7 Å². The van der Waals surface area contributed by atoms with E-state index in [0.29, 0.717) is 11.7 Å². The van der Waals surface area contributed by atoms with E-state index in [1.165, 1.54) is 0 Å². The van der Waals surface area contributed by atoms with Crippen LogP contribution in [0.4, 0.5) is 5.69 Å². The van der Waals surface area contributed by atoms with Crippen molar-refractivity contribution in [3.05, 3.63) is 42.7 Å². The molecule has 0 saturated heterocycles. The molecule has 102 valence electrons. The first-order chi connectivity index (χ1) is 9.72. The van der Waals surface area contributed by atoms with E-state index < -0.39 is 0 Å². The fraction of sp³-hybridized carbons (Fsp3) is 0.267. The van der Waals surface area contributed by atoms with Gasteiger partial charge in [0, 0.05) is 30.1 Å². The number of aromatic nitrogens is 2. The molecule has 1 aromatic carbocycles. The van der Waals surface area contributed by atoms with Gasteiger partial charge in [-0.15, -0.1) is 0 Å². The van der Waals surface area contributed by atoms with Gasteiger partial charge in [-0.1, -0.05) is 13.0 Å². The molecule has 0 spiro atoms. The lowest BCUT2D eigenvalue weighted by Gasteiger charge is -2.07. The van der Waals surface area contributed by atoms with E-state index in [1.54, 1.807) is 30.6 Å². The highest BCUT2D eigenvalue weighted by Gasteiger charge is 2.39. The van der Waals surface area contributed by atoms with Crippen molar-refractivity contribution in [1.82, 2.24) is 9.97 Å². The minimum atomic E-state index is 0.0746. The highest BCUT2D eigenvalue weighted by atomic mass is 16.5. The van der Waals surface area contributed by atoms with Crippen LogP contribution in [-0.4, -0.2) is 15.9 Å². The van der Waals surface area contributed by atoms with Gasteiger partial charge in [-0.05, 0) is 30.5 Å². The Labute approximate surface area is 117 Å². The summed E-state index contributed by atoms with van der Waals surface area (Å²) < 4.78 is 5.52. The van der Waals surface area contributed by atoms with Crippen LogP contribution in [0.1, 0.15) is 13.3 Å². The quantitative estimate of drug-likeness (QED) is 0.927. The summed E-state index contributed by atoms with van der Waals surface area (Å²) in [5.74, 6) is 1.31. The number of nitrogens with zero attached hydrogens (tertiary/aromatic N) is 2. The highest BCUT2D eigenvalue weighted by molar-refractivity contribution is 5.94. The van der Waals surface area contributed by atoms with Crippen molar-refractivity contribution in [3.8, 4) is 11.8 Å². The van der Waals surface area contributed by atoms with Gasteiger partial charge in [-0.3, -0.25) is 4.79 Å². The van der Waals surface area contributed by atoms with Gasteiger partial charge in [-0.25, -0.2) is 9.97 Å². The Bertz CT molecular complexity index is 616. The average Bonchev–Trinajstić information content (AvgIpc) is 3.18. The predicted octanol–water partition coefficient (Wildman–Crippen LogP) is 2.86. The first-order valence-electron chi connectivity index (χ1n) is 6.58. The Balaban J connectivity index is 1.68. The number of hydrogen-bond donors (Lipinski definition) is 1. The SMILES string of the molecule is C[C@H]1C[C@H]1C(=O)Nc1cccc(Oc2ncccn2)c1. The van der Waals surface area contributed by atoms with Crippen LogP contribution in [0.5, 0.6) is 11.8 Å². The van der Waals surface area contributed by atoms with Crippen molar-refractivity contribution >= 4 is 11.6 Å². The number of benzene rings is 1. The normalized spacial score (nSPS) is 20.2. The molecule has 1 amide bonds. The molecule has 20 heavy (non-hydrogen) atoms. The molecule has 1 fully saturated rings. The number of carbonyl (C=O) groups excluding carboxylic acids is 1. The minimum absolute atomic E-state index is 0.0746. The number of rotatable bonds is 4. The van der Waals surface area contributed by atoms with Crippen LogP contribution in [0.25, 0.3) is 0 Å². The topological polar surface area (TPSA) is 64.1 Å².